The van der Waals surface area contributed by atoms with E-state index in [1.807, 2.05) is 0 Å². The van der Waals surface area contributed by atoms with Crippen LogP contribution in [-0.4, -0.2) is 16.1 Å². The van der Waals surface area contributed by atoms with Crippen molar-refractivity contribution in [2.45, 2.75) is 17.7 Å². The van der Waals surface area contributed by atoms with E-state index in [4.69, 9.17) is 23.2 Å². The molecular formula is C12H12Cl2N2O2. The number of hydrogen-bond acceptors (Lipinski definition) is 2. The number of carbonyl (C=O) groups excluding carboxylic acids is 2. The first-order chi connectivity index (χ1) is 8.37. The Morgan fingerprint density at radius 3 is 2.22 bits per heavy atom. The smallest absolute Gasteiger partial charge is 0.269 e. The van der Waals surface area contributed by atoms with Gasteiger partial charge in [-0.3, -0.25) is 20.4 Å². The molecule has 1 saturated carbocycles. The molecule has 1 aliphatic carbocycles. The van der Waals surface area contributed by atoms with E-state index in [1.165, 1.54) is 0 Å². The lowest BCUT2D eigenvalue weighted by molar-refractivity contribution is -0.126. The molecule has 0 saturated heterocycles. The fraction of sp³-hybridized carbons (Fsp3) is 0.333. The molecule has 0 aliphatic heterocycles. The lowest BCUT2D eigenvalue weighted by atomic mass is 10.1. The van der Waals surface area contributed by atoms with Gasteiger partial charge in [-0.15, -0.1) is 23.2 Å². The standard InChI is InChI=1S/C12H12Cl2N2O2/c1-11(7-12(11,13)14)10(18)16-15-9(17)8-5-3-2-4-6-8/h2-6H,7H2,1H3,(H,15,17)(H,16,18). The molecule has 1 aliphatic rings. The third kappa shape index (κ3) is 2.31. The largest absolute Gasteiger partial charge is 0.273 e. The minimum atomic E-state index is -1.05. The quantitative estimate of drug-likeness (QED) is 0.646. The molecule has 2 N–H and O–H groups in total. The summed E-state index contributed by atoms with van der Waals surface area (Å²) < 4.78 is -1.05. The number of amides is 2. The van der Waals surface area contributed by atoms with Crippen molar-refractivity contribution in [1.29, 1.82) is 0 Å². The first-order valence-corrected chi connectivity index (χ1v) is 6.16. The van der Waals surface area contributed by atoms with Crippen LogP contribution in [0, 0.1) is 5.41 Å². The molecule has 1 unspecified atom stereocenters. The third-order valence-electron chi connectivity index (χ3n) is 3.08. The zero-order valence-corrected chi connectivity index (χ0v) is 11.2. The minimum absolute atomic E-state index is 0.371. The number of rotatable bonds is 2. The van der Waals surface area contributed by atoms with Gasteiger partial charge in [-0.1, -0.05) is 18.2 Å². The van der Waals surface area contributed by atoms with E-state index in [1.54, 1.807) is 37.3 Å². The Bertz CT molecular complexity index is 490. The second kappa shape index (κ2) is 4.44. The molecule has 1 fully saturated rings. The molecule has 0 heterocycles. The van der Waals surface area contributed by atoms with Crippen LogP contribution >= 0.6 is 23.2 Å². The molecular weight excluding hydrogens is 275 g/mol. The second-order valence-electron chi connectivity index (χ2n) is 4.49. The maximum Gasteiger partial charge on any atom is 0.269 e. The zero-order valence-electron chi connectivity index (χ0n) is 9.67. The Balaban J connectivity index is 1.90. The zero-order chi connectivity index (χ0) is 13.4. The first kappa shape index (κ1) is 13.2. The van der Waals surface area contributed by atoms with Crippen molar-refractivity contribution in [3.8, 4) is 0 Å². The van der Waals surface area contributed by atoms with Gasteiger partial charge in [0.2, 0.25) is 5.91 Å². The number of carbonyl (C=O) groups is 2. The maximum atomic E-state index is 11.8. The van der Waals surface area contributed by atoms with Crippen LogP contribution in [0.1, 0.15) is 23.7 Å². The van der Waals surface area contributed by atoms with Gasteiger partial charge in [0.25, 0.3) is 5.91 Å². The van der Waals surface area contributed by atoms with Crippen LogP contribution in [0.15, 0.2) is 30.3 Å². The molecule has 1 aromatic carbocycles. The number of hydrazine groups is 1. The van der Waals surface area contributed by atoms with Crippen LogP contribution in [0.25, 0.3) is 0 Å². The van der Waals surface area contributed by atoms with E-state index < -0.39 is 15.7 Å². The van der Waals surface area contributed by atoms with Crippen molar-refractivity contribution in [2.75, 3.05) is 0 Å². The van der Waals surface area contributed by atoms with Crippen molar-refractivity contribution >= 4 is 35.0 Å². The predicted molar refractivity (Wildman–Crippen MR) is 69.2 cm³/mol. The molecule has 6 heteroatoms. The van der Waals surface area contributed by atoms with E-state index in [2.05, 4.69) is 10.9 Å². The van der Waals surface area contributed by atoms with Gasteiger partial charge < -0.3 is 0 Å². The Morgan fingerprint density at radius 1 is 1.17 bits per heavy atom. The van der Waals surface area contributed by atoms with Gasteiger partial charge in [0.05, 0.1) is 5.41 Å². The van der Waals surface area contributed by atoms with Gasteiger partial charge >= 0.3 is 0 Å². The fourth-order valence-electron chi connectivity index (χ4n) is 1.56. The van der Waals surface area contributed by atoms with Crippen molar-refractivity contribution in [2.24, 2.45) is 5.41 Å². The maximum absolute atomic E-state index is 11.8. The summed E-state index contributed by atoms with van der Waals surface area (Å²) in [7, 11) is 0. The van der Waals surface area contributed by atoms with E-state index in [0.29, 0.717) is 12.0 Å². The third-order valence-corrected chi connectivity index (χ3v) is 4.19. The number of hydrogen-bond donors (Lipinski definition) is 2. The number of benzene rings is 1. The fourth-order valence-corrected chi connectivity index (χ4v) is 2.27. The van der Waals surface area contributed by atoms with Gasteiger partial charge in [-0.25, -0.2) is 0 Å². The number of alkyl halides is 2. The van der Waals surface area contributed by atoms with Crippen LogP contribution in [-0.2, 0) is 4.79 Å². The van der Waals surface area contributed by atoms with Crippen molar-refractivity contribution in [3.05, 3.63) is 35.9 Å². The summed E-state index contributed by atoms with van der Waals surface area (Å²) in [5, 5.41) is 0. The van der Waals surface area contributed by atoms with E-state index in [-0.39, 0.29) is 5.91 Å². The molecule has 1 atom stereocenters. The SMILES string of the molecule is CC1(C(=O)NNC(=O)c2ccccc2)CC1(Cl)Cl. The van der Waals surface area contributed by atoms with Gasteiger partial charge in [0.1, 0.15) is 4.33 Å². The monoisotopic (exact) mass is 286 g/mol. The highest BCUT2D eigenvalue weighted by molar-refractivity contribution is 6.53. The summed E-state index contributed by atoms with van der Waals surface area (Å²) >= 11 is 11.7. The summed E-state index contributed by atoms with van der Waals surface area (Å²) in [5.74, 6) is -0.778. The normalized spacial score (nSPS) is 24.2. The summed E-state index contributed by atoms with van der Waals surface area (Å²) in [6.45, 7) is 1.65. The van der Waals surface area contributed by atoms with Gasteiger partial charge in [-0.05, 0) is 25.5 Å². The van der Waals surface area contributed by atoms with Gasteiger partial charge in [-0.2, -0.15) is 0 Å². The highest BCUT2D eigenvalue weighted by Crippen LogP contribution is 2.63. The Hall–Kier alpha value is -1.26. The molecule has 0 bridgehead atoms. The summed E-state index contributed by atoms with van der Waals surface area (Å²) in [6.07, 6.45) is 0.371. The highest BCUT2D eigenvalue weighted by atomic mass is 35.5. The van der Waals surface area contributed by atoms with E-state index in [0.717, 1.165) is 0 Å². The van der Waals surface area contributed by atoms with Crippen molar-refractivity contribution in [3.63, 3.8) is 0 Å². The molecule has 2 rings (SSSR count). The second-order valence-corrected chi connectivity index (χ2v) is 5.97. The van der Waals surface area contributed by atoms with Crippen LogP contribution in [0.3, 0.4) is 0 Å². The Morgan fingerprint density at radius 2 is 1.72 bits per heavy atom. The van der Waals surface area contributed by atoms with Gasteiger partial charge in [0.15, 0.2) is 0 Å². The molecule has 0 radical (unpaired) electrons. The van der Waals surface area contributed by atoms with Crippen LogP contribution in [0.4, 0.5) is 0 Å². The van der Waals surface area contributed by atoms with Crippen LogP contribution in [0.5, 0.6) is 0 Å². The van der Waals surface area contributed by atoms with Crippen LogP contribution in [0.2, 0.25) is 0 Å². The Kier molecular flexibility index (Phi) is 3.25. The molecule has 0 spiro atoms. The van der Waals surface area contributed by atoms with Crippen molar-refractivity contribution < 1.29 is 9.59 Å². The number of halogens is 2. The van der Waals surface area contributed by atoms with Gasteiger partial charge in [0, 0.05) is 5.56 Å². The molecule has 2 amide bonds. The minimum Gasteiger partial charge on any atom is -0.273 e. The lowest BCUT2D eigenvalue weighted by Gasteiger charge is -2.13. The summed E-state index contributed by atoms with van der Waals surface area (Å²) in [4.78, 5) is 23.4. The lowest BCUT2D eigenvalue weighted by Crippen LogP contribution is -2.45. The first-order valence-electron chi connectivity index (χ1n) is 5.40. The van der Waals surface area contributed by atoms with Crippen molar-refractivity contribution in [1.82, 2.24) is 10.9 Å². The molecule has 1 aromatic rings. The molecule has 0 aromatic heterocycles. The molecule has 4 nitrogen and oxygen atoms in total. The topological polar surface area (TPSA) is 58.2 Å². The molecule has 96 valence electrons. The van der Waals surface area contributed by atoms with Crippen LogP contribution < -0.4 is 10.9 Å². The summed E-state index contributed by atoms with van der Waals surface area (Å²) in [5.41, 5.74) is 4.27. The number of nitrogens with one attached hydrogen (secondary N) is 2. The van der Waals surface area contributed by atoms with E-state index >= 15 is 0 Å². The predicted octanol–water partition coefficient (Wildman–Crippen LogP) is 2.03. The Labute approximate surface area is 115 Å². The average molecular weight is 287 g/mol. The highest BCUT2D eigenvalue weighted by Gasteiger charge is 2.68. The average Bonchev–Trinajstić information content (AvgIpc) is 2.87. The van der Waals surface area contributed by atoms with E-state index in [9.17, 15) is 9.59 Å². The molecule has 18 heavy (non-hydrogen) atoms. The summed E-state index contributed by atoms with van der Waals surface area (Å²) in [6, 6.07) is 8.57.